The van der Waals surface area contributed by atoms with Crippen LogP contribution >= 0.6 is 11.3 Å². The fourth-order valence-electron chi connectivity index (χ4n) is 1.82. The van der Waals surface area contributed by atoms with Gasteiger partial charge in [0.05, 0.1) is 17.6 Å². The molecule has 0 bridgehead atoms. The third-order valence-corrected chi connectivity index (χ3v) is 3.50. The van der Waals surface area contributed by atoms with Crippen molar-refractivity contribution < 1.29 is 9.53 Å². The predicted molar refractivity (Wildman–Crippen MR) is 63.6 cm³/mol. The third-order valence-electron chi connectivity index (χ3n) is 2.65. The number of morpholine rings is 1. The van der Waals surface area contributed by atoms with E-state index in [1.165, 1.54) is 11.3 Å². The Kier molecular flexibility index (Phi) is 3.93. The molecule has 2 rings (SSSR count). The number of hydrogen-bond acceptors (Lipinski definition) is 4. The normalized spacial score (nSPS) is 21.1. The Hall–Kier alpha value is -0.910. The molecule has 4 nitrogen and oxygen atoms in total. The molecule has 1 atom stereocenters. The molecule has 16 heavy (non-hydrogen) atoms. The van der Waals surface area contributed by atoms with Crippen LogP contribution < -0.4 is 5.73 Å². The van der Waals surface area contributed by atoms with Gasteiger partial charge in [-0.2, -0.15) is 0 Å². The summed E-state index contributed by atoms with van der Waals surface area (Å²) in [6.07, 6.45) is 0.913. The Labute approximate surface area is 99.0 Å². The number of carbonyl (C=O) groups is 1. The minimum Gasteiger partial charge on any atom is -0.374 e. The molecule has 1 aromatic heterocycles. The summed E-state index contributed by atoms with van der Waals surface area (Å²) in [5.41, 5.74) is 5.49. The molecule has 0 aliphatic carbocycles. The molecule has 2 N–H and O–H groups in total. The first-order chi connectivity index (χ1) is 7.81. The summed E-state index contributed by atoms with van der Waals surface area (Å²) in [7, 11) is 0. The van der Waals surface area contributed by atoms with E-state index in [0.717, 1.165) is 11.3 Å². The fraction of sp³-hybridized carbons (Fsp3) is 0.545. The van der Waals surface area contributed by atoms with E-state index in [-0.39, 0.29) is 12.0 Å². The van der Waals surface area contributed by atoms with Gasteiger partial charge in [0.1, 0.15) is 0 Å². The van der Waals surface area contributed by atoms with E-state index in [2.05, 4.69) is 0 Å². The van der Waals surface area contributed by atoms with E-state index in [0.29, 0.717) is 26.2 Å². The van der Waals surface area contributed by atoms with Gasteiger partial charge in [0.2, 0.25) is 0 Å². The van der Waals surface area contributed by atoms with Gasteiger partial charge in [0.25, 0.3) is 5.91 Å². The van der Waals surface area contributed by atoms with Crippen LogP contribution in [0, 0.1) is 0 Å². The molecular formula is C11H16N2O2S. The zero-order chi connectivity index (χ0) is 11.4. The van der Waals surface area contributed by atoms with Crippen LogP contribution in [0.15, 0.2) is 17.5 Å². The monoisotopic (exact) mass is 240 g/mol. The number of carbonyl (C=O) groups excluding carboxylic acids is 1. The summed E-state index contributed by atoms with van der Waals surface area (Å²) < 4.78 is 5.55. The van der Waals surface area contributed by atoms with Crippen LogP contribution in [0.25, 0.3) is 0 Å². The topological polar surface area (TPSA) is 55.6 Å². The van der Waals surface area contributed by atoms with Gasteiger partial charge in [0.15, 0.2) is 0 Å². The van der Waals surface area contributed by atoms with Gasteiger partial charge in [-0.1, -0.05) is 6.07 Å². The molecule has 2 heterocycles. The molecule has 1 saturated heterocycles. The number of nitrogens with zero attached hydrogens (tertiary/aromatic N) is 1. The van der Waals surface area contributed by atoms with Gasteiger partial charge in [-0.25, -0.2) is 0 Å². The first-order valence-electron chi connectivity index (χ1n) is 5.45. The van der Waals surface area contributed by atoms with E-state index in [4.69, 9.17) is 10.5 Å². The van der Waals surface area contributed by atoms with E-state index >= 15 is 0 Å². The molecule has 0 radical (unpaired) electrons. The molecule has 1 aliphatic heterocycles. The Morgan fingerprint density at radius 2 is 2.56 bits per heavy atom. The lowest BCUT2D eigenvalue weighted by molar-refractivity contribution is -0.0234. The number of rotatable bonds is 3. The molecule has 0 spiro atoms. The van der Waals surface area contributed by atoms with Crippen LogP contribution in [0.5, 0.6) is 0 Å². The summed E-state index contributed by atoms with van der Waals surface area (Å²) >= 11 is 1.48. The van der Waals surface area contributed by atoms with E-state index in [1.807, 2.05) is 22.4 Å². The SMILES string of the molecule is NCCC1CN(C(=O)c2cccs2)CCO1. The lowest BCUT2D eigenvalue weighted by Gasteiger charge is -2.32. The average molecular weight is 240 g/mol. The van der Waals surface area contributed by atoms with Gasteiger partial charge in [0, 0.05) is 13.1 Å². The molecule has 1 fully saturated rings. The highest BCUT2D eigenvalue weighted by atomic mass is 32.1. The van der Waals surface area contributed by atoms with Crippen molar-refractivity contribution in [3.8, 4) is 0 Å². The molecule has 1 amide bonds. The van der Waals surface area contributed by atoms with Gasteiger partial charge >= 0.3 is 0 Å². The Bertz CT molecular complexity index is 338. The molecule has 5 heteroatoms. The minimum atomic E-state index is 0.0997. The summed E-state index contributed by atoms with van der Waals surface area (Å²) in [5.74, 6) is 0.111. The predicted octanol–water partition coefficient (Wildman–Crippen LogP) is 0.938. The second kappa shape index (κ2) is 5.43. The highest BCUT2D eigenvalue weighted by Crippen LogP contribution is 2.15. The van der Waals surface area contributed by atoms with Crippen molar-refractivity contribution in [3.63, 3.8) is 0 Å². The maximum atomic E-state index is 12.1. The lowest BCUT2D eigenvalue weighted by Crippen LogP contribution is -2.46. The number of amides is 1. The largest absolute Gasteiger partial charge is 0.374 e. The minimum absolute atomic E-state index is 0.0997. The van der Waals surface area contributed by atoms with Crippen molar-refractivity contribution in [1.29, 1.82) is 0 Å². The molecule has 0 saturated carbocycles. The Morgan fingerprint density at radius 3 is 3.25 bits per heavy atom. The smallest absolute Gasteiger partial charge is 0.264 e. The zero-order valence-corrected chi connectivity index (χ0v) is 9.91. The van der Waals surface area contributed by atoms with Crippen molar-refractivity contribution in [1.82, 2.24) is 4.90 Å². The standard InChI is InChI=1S/C11H16N2O2S/c12-4-3-9-8-13(5-6-15-9)11(14)10-2-1-7-16-10/h1-2,7,9H,3-6,8,12H2. The Balaban J connectivity index is 1.96. The Morgan fingerprint density at radius 1 is 1.69 bits per heavy atom. The van der Waals surface area contributed by atoms with Crippen molar-refractivity contribution in [3.05, 3.63) is 22.4 Å². The van der Waals surface area contributed by atoms with Gasteiger partial charge < -0.3 is 15.4 Å². The van der Waals surface area contributed by atoms with Crippen molar-refractivity contribution in [2.24, 2.45) is 5.73 Å². The van der Waals surface area contributed by atoms with E-state index < -0.39 is 0 Å². The van der Waals surface area contributed by atoms with Crippen LogP contribution in [-0.4, -0.2) is 43.2 Å². The van der Waals surface area contributed by atoms with Gasteiger partial charge in [-0.3, -0.25) is 4.79 Å². The van der Waals surface area contributed by atoms with Crippen LogP contribution in [-0.2, 0) is 4.74 Å². The number of thiophene rings is 1. The van der Waals surface area contributed by atoms with Crippen molar-refractivity contribution >= 4 is 17.2 Å². The number of nitrogens with two attached hydrogens (primary N) is 1. The molecule has 1 aliphatic rings. The third kappa shape index (κ3) is 2.61. The summed E-state index contributed by atoms with van der Waals surface area (Å²) in [6, 6.07) is 3.76. The maximum Gasteiger partial charge on any atom is 0.264 e. The summed E-state index contributed by atoms with van der Waals surface area (Å²) in [4.78, 5) is 14.7. The quantitative estimate of drug-likeness (QED) is 0.855. The first-order valence-corrected chi connectivity index (χ1v) is 6.33. The van der Waals surface area contributed by atoms with Gasteiger partial charge in [-0.15, -0.1) is 11.3 Å². The number of hydrogen-bond donors (Lipinski definition) is 1. The van der Waals surface area contributed by atoms with Gasteiger partial charge in [-0.05, 0) is 24.4 Å². The average Bonchev–Trinajstić information content (AvgIpc) is 2.82. The maximum absolute atomic E-state index is 12.1. The molecule has 0 aromatic carbocycles. The molecule has 88 valence electrons. The lowest BCUT2D eigenvalue weighted by atomic mass is 10.2. The van der Waals surface area contributed by atoms with Crippen LogP contribution in [0.2, 0.25) is 0 Å². The number of ether oxygens (including phenoxy) is 1. The fourth-order valence-corrected chi connectivity index (χ4v) is 2.51. The van der Waals surface area contributed by atoms with Crippen LogP contribution in [0.1, 0.15) is 16.1 Å². The van der Waals surface area contributed by atoms with E-state index in [1.54, 1.807) is 0 Å². The van der Waals surface area contributed by atoms with Crippen LogP contribution in [0.3, 0.4) is 0 Å². The summed E-state index contributed by atoms with van der Waals surface area (Å²) in [6.45, 7) is 2.55. The second-order valence-electron chi connectivity index (χ2n) is 3.80. The second-order valence-corrected chi connectivity index (χ2v) is 4.75. The van der Waals surface area contributed by atoms with Crippen LogP contribution in [0.4, 0.5) is 0 Å². The highest BCUT2D eigenvalue weighted by Gasteiger charge is 2.24. The van der Waals surface area contributed by atoms with Crippen molar-refractivity contribution in [2.75, 3.05) is 26.2 Å². The molecule has 1 unspecified atom stereocenters. The first kappa shape index (κ1) is 11.6. The summed E-state index contributed by atoms with van der Waals surface area (Å²) in [5, 5.41) is 1.92. The zero-order valence-electron chi connectivity index (χ0n) is 9.09. The van der Waals surface area contributed by atoms with E-state index in [9.17, 15) is 4.79 Å². The van der Waals surface area contributed by atoms with Crippen molar-refractivity contribution in [2.45, 2.75) is 12.5 Å². The molecule has 1 aromatic rings. The molecular weight excluding hydrogens is 224 g/mol. The highest BCUT2D eigenvalue weighted by molar-refractivity contribution is 7.12.